The molecule has 8 nitrogen and oxygen atoms in total. The van der Waals surface area contributed by atoms with Gasteiger partial charge in [-0.15, -0.1) is 0 Å². The molecule has 0 radical (unpaired) electrons. The first kappa shape index (κ1) is 22.2. The van der Waals surface area contributed by atoms with Crippen LogP contribution in [0, 0.1) is 6.92 Å². The van der Waals surface area contributed by atoms with Crippen LogP contribution in [0.3, 0.4) is 0 Å². The molecule has 176 valence electrons. The number of benzene rings is 3. The van der Waals surface area contributed by atoms with Crippen LogP contribution in [0.25, 0.3) is 16.5 Å². The van der Waals surface area contributed by atoms with E-state index in [1.165, 1.54) is 19.1 Å². The van der Waals surface area contributed by atoms with Gasteiger partial charge in [-0.1, -0.05) is 47.6 Å². The number of fused-ring (bicyclic) bond motifs is 1. The topological polar surface area (TPSA) is 102 Å². The molecular formula is C27H22N2O6. The van der Waals surface area contributed by atoms with Gasteiger partial charge in [-0.2, -0.15) is 0 Å². The number of Topliss-reactive ketones (excluding diaryl/α,β-unsaturated/α-hetero) is 1. The monoisotopic (exact) mass is 470 g/mol. The van der Waals surface area contributed by atoms with Crippen LogP contribution in [-0.4, -0.2) is 36.2 Å². The van der Waals surface area contributed by atoms with Crippen molar-refractivity contribution in [3.8, 4) is 11.5 Å². The highest BCUT2D eigenvalue weighted by Gasteiger charge is 2.48. The number of ketones is 1. The molecule has 1 saturated heterocycles. The lowest BCUT2D eigenvalue weighted by molar-refractivity contribution is -0.132. The Labute approximate surface area is 201 Å². The summed E-state index contributed by atoms with van der Waals surface area (Å²) in [5.74, 6) is -0.379. The largest absolute Gasteiger partial charge is 0.507 e. The summed E-state index contributed by atoms with van der Waals surface area (Å²) in [4.78, 5) is 27.8. The van der Waals surface area contributed by atoms with Gasteiger partial charge in [0.2, 0.25) is 0 Å². The lowest BCUT2D eigenvalue weighted by atomic mass is 9.94. The van der Waals surface area contributed by atoms with Crippen LogP contribution in [0.5, 0.6) is 11.5 Å². The third-order valence-corrected chi connectivity index (χ3v) is 6.05. The summed E-state index contributed by atoms with van der Waals surface area (Å²) in [6.07, 6.45) is 0. The van der Waals surface area contributed by atoms with Crippen molar-refractivity contribution in [2.24, 2.45) is 0 Å². The number of carbonyl (C=O) groups excluding carboxylic acids is 2. The molecule has 4 aromatic rings. The number of aryl methyl sites for hydroxylation is 1. The number of ether oxygens (including phenoxy) is 2. The second-order valence-corrected chi connectivity index (χ2v) is 8.14. The molecule has 0 aliphatic carbocycles. The second-order valence-electron chi connectivity index (χ2n) is 8.14. The van der Waals surface area contributed by atoms with Gasteiger partial charge < -0.3 is 19.1 Å². The first-order valence-corrected chi connectivity index (χ1v) is 10.9. The molecule has 2 heterocycles. The molecule has 1 amide bonds. The second kappa shape index (κ2) is 8.64. The molecule has 1 aliphatic rings. The third kappa shape index (κ3) is 3.69. The van der Waals surface area contributed by atoms with E-state index >= 15 is 0 Å². The normalized spacial score (nSPS) is 17.2. The first-order chi connectivity index (χ1) is 16.9. The van der Waals surface area contributed by atoms with Gasteiger partial charge in [-0.3, -0.25) is 14.5 Å². The minimum atomic E-state index is -0.967. The summed E-state index contributed by atoms with van der Waals surface area (Å²) in [7, 11) is 3.01. The Hall–Kier alpha value is -4.59. The summed E-state index contributed by atoms with van der Waals surface area (Å²) in [5.41, 5.74) is 0.895. The van der Waals surface area contributed by atoms with Crippen molar-refractivity contribution in [1.82, 2.24) is 5.16 Å². The highest BCUT2D eigenvalue weighted by Crippen LogP contribution is 2.44. The Morgan fingerprint density at radius 3 is 2.37 bits per heavy atom. The van der Waals surface area contributed by atoms with Crippen molar-refractivity contribution in [3.05, 3.63) is 89.2 Å². The van der Waals surface area contributed by atoms with E-state index in [4.69, 9.17) is 14.0 Å². The predicted molar refractivity (Wildman–Crippen MR) is 130 cm³/mol. The Kier molecular flexibility index (Phi) is 5.49. The predicted octanol–water partition coefficient (Wildman–Crippen LogP) is 4.78. The number of anilines is 1. The van der Waals surface area contributed by atoms with Gasteiger partial charge in [-0.05, 0) is 41.5 Å². The lowest BCUT2D eigenvalue weighted by Gasteiger charge is -2.23. The summed E-state index contributed by atoms with van der Waals surface area (Å²) in [6, 6.07) is 18.7. The van der Waals surface area contributed by atoms with Crippen LogP contribution in [-0.2, 0) is 9.59 Å². The van der Waals surface area contributed by atoms with Gasteiger partial charge in [0, 0.05) is 11.6 Å². The third-order valence-electron chi connectivity index (χ3n) is 6.05. The molecule has 3 aromatic carbocycles. The average molecular weight is 470 g/mol. The van der Waals surface area contributed by atoms with Crippen LogP contribution < -0.4 is 14.4 Å². The van der Waals surface area contributed by atoms with Crippen LogP contribution in [0.4, 0.5) is 5.82 Å². The number of methoxy groups -OCH3 is 2. The molecule has 5 rings (SSSR count). The zero-order valence-electron chi connectivity index (χ0n) is 19.3. The smallest absolute Gasteiger partial charge is 0.301 e. The number of aromatic nitrogens is 1. The maximum atomic E-state index is 13.3. The molecule has 0 saturated carbocycles. The SMILES string of the molecule is COc1ccc([C@H]2/C(=C(\O)c3ccc4ccccc4c3)C(=O)C(=O)N2c2cc(C)on2)cc1OC. The number of hydrogen-bond acceptors (Lipinski definition) is 7. The molecule has 1 atom stereocenters. The number of nitrogens with zero attached hydrogens (tertiary/aromatic N) is 2. The number of aliphatic hydroxyl groups excluding tert-OH is 1. The first-order valence-electron chi connectivity index (χ1n) is 10.9. The van der Waals surface area contributed by atoms with Crippen LogP contribution in [0.2, 0.25) is 0 Å². The summed E-state index contributed by atoms with van der Waals surface area (Å²) >= 11 is 0. The van der Waals surface area contributed by atoms with Crippen molar-refractivity contribution in [2.75, 3.05) is 19.1 Å². The molecular weight excluding hydrogens is 448 g/mol. The molecule has 1 aliphatic heterocycles. The van der Waals surface area contributed by atoms with Crippen molar-refractivity contribution >= 4 is 34.0 Å². The van der Waals surface area contributed by atoms with Gasteiger partial charge >= 0.3 is 5.91 Å². The zero-order chi connectivity index (χ0) is 24.7. The van der Waals surface area contributed by atoms with E-state index in [2.05, 4.69) is 5.16 Å². The molecule has 1 fully saturated rings. The maximum Gasteiger partial charge on any atom is 0.301 e. The fourth-order valence-corrected chi connectivity index (χ4v) is 4.37. The standard InChI is InChI=1S/C27H22N2O6/c1-15-12-22(28-35-15)29-24(18-10-11-20(33-2)21(14-18)34-3)23(26(31)27(29)32)25(30)19-9-8-16-6-4-5-7-17(16)13-19/h4-14,24,30H,1-3H3/b25-23+/t24-/m0/s1. The molecule has 1 aromatic heterocycles. The lowest BCUT2D eigenvalue weighted by Crippen LogP contribution is -2.29. The Morgan fingerprint density at radius 2 is 1.69 bits per heavy atom. The Morgan fingerprint density at radius 1 is 0.943 bits per heavy atom. The number of rotatable bonds is 5. The fourth-order valence-electron chi connectivity index (χ4n) is 4.37. The summed E-state index contributed by atoms with van der Waals surface area (Å²) in [6.45, 7) is 1.69. The molecule has 0 spiro atoms. The molecule has 1 N–H and O–H groups in total. The van der Waals surface area contributed by atoms with E-state index in [9.17, 15) is 14.7 Å². The average Bonchev–Trinajstić information content (AvgIpc) is 3.42. The fraction of sp³-hybridized carbons (Fsp3) is 0.148. The summed E-state index contributed by atoms with van der Waals surface area (Å²) < 4.78 is 15.9. The molecule has 0 bridgehead atoms. The van der Waals surface area contributed by atoms with E-state index < -0.39 is 17.7 Å². The van der Waals surface area contributed by atoms with Crippen LogP contribution in [0.15, 0.2) is 76.8 Å². The van der Waals surface area contributed by atoms with Gasteiger partial charge in [0.05, 0.1) is 25.8 Å². The van der Waals surface area contributed by atoms with Gasteiger partial charge in [0.25, 0.3) is 5.78 Å². The highest BCUT2D eigenvalue weighted by atomic mass is 16.5. The Balaban J connectivity index is 1.74. The van der Waals surface area contributed by atoms with Crippen molar-refractivity contribution in [2.45, 2.75) is 13.0 Å². The minimum absolute atomic E-state index is 0.0573. The van der Waals surface area contributed by atoms with Crippen molar-refractivity contribution < 1.29 is 28.7 Å². The van der Waals surface area contributed by atoms with E-state index in [1.807, 2.05) is 30.3 Å². The Bertz CT molecular complexity index is 1500. The molecule has 8 heteroatoms. The molecule has 0 unspecified atom stereocenters. The van der Waals surface area contributed by atoms with Gasteiger partial charge in [-0.25, -0.2) is 0 Å². The number of amides is 1. The number of aliphatic hydroxyl groups is 1. The minimum Gasteiger partial charge on any atom is -0.507 e. The maximum absolute atomic E-state index is 13.3. The van der Waals surface area contributed by atoms with Crippen LogP contribution >= 0.6 is 0 Å². The zero-order valence-corrected chi connectivity index (χ0v) is 19.3. The summed E-state index contributed by atoms with van der Waals surface area (Å²) in [5, 5.41) is 17.2. The van der Waals surface area contributed by atoms with E-state index in [1.54, 1.807) is 43.3 Å². The highest BCUT2D eigenvalue weighted by molar-refractivity contribution is 6.51. The number of carbonyl (C=O) groups is 2. The molecule has 35 heavy (non-hydrogen) atoms. The number of hydrogen-bond donors (Lipinski definition) is 1. The van der Waals surface area contributed by atoms with Crippen molar-refractivity contribution in [3.63, 3.8) is 0 Å². The van der Waals surface area contributed by atoms with Gasteiger partial charge in [0.15, 0.2) is 17.3 Å². The van der Waals surface area contributed by atoms with Crippen LogP contribution in [0.1, 0.15) is 22.9 Å². The quantitative estimate of drug-likeness (QED) is 0.254. The van der Waals surface area contributed by atoms with E-state index in [0.29, 0.717) is 28.4 Å². The van der Waals surface area contributed by atoms with Gasteiger partial charge in [0.1, 0.15) is 11.5 Å². The van der Waals surface area contributed by atoms with Crippen molar-refractivity contribution in [1.29, 1.82) is 0 Å². The van der Waals surface area contributed by atoms with E-state index in [0.717, 1.165) is 10.8 Å². The van der Waals surface area contributed by atoms with E-state index in [-0.39, 0.29) is 17.2 Å².